The van der Waals surface area contributed by atoms with Crippen molar-refractivity contribution in [1.29, 1.82) is 0 Å². The van der Waals surface area contributed by atoms with Gasteiger partial charge in [-0.25, -0.2) is 15.8 Å². The lowest BCUT2D eigenvalue weighted by Crippen LogP contribution is -2.29. The van der Waals surface area contributed by atoms with Crippen molar-refractivity contribution in [3.63, 3.8) is 0 Å². The normalized spacial score (nSPS) is 14.1. The zero-order chi connectivity index (χ0) is 13.0. The van der Waals surface area contributed by atoms with Gasteiger partial charge < -0.3 is 16.1 Å². The zero-order valence-corrected chi connectivity index (χ0v) is 10.4. The number of carbonyl (C=O) groups excluding carboxylic acids is 1. The van der Waals surface area contributed by atoms with Crippen LogP contribution in [0.15, 0.2) is 6.07 Å². The van der Waals surface area contributed by atoms with Crippen LogP contribution in [0.5, 0.6) is 0 Å². The van der Waals surface area contributed by atoms with E-state index < -0.39 is 0 Å². The molecule has 1 aliphatic rings. The number of rotatable bonds is 6. The van der Waals surface area contributed by atoms with Gasteiger partial charge in [0.15, 0.2) is 0 Å². The first kappa shape index (κ1) is 12.6. The van der Waals surface area contributed by atoms with Crippen LogP contribution in [0.2, 0.25) is 0 Å². The lowest BCUT2D eigenvalue weighted by atomic mass is 10.3. The average Bonchev–Trinajstić information content (AvgIpc) is 3.20. The van der Waals surface area contributed by atoms with Gasteiger partial charge in [0.05, 0.1) is 6.54 Å². The SMILES string of the molecule is CCNC(=O)CNc1cc(NN)nc(C2CC2)n1. The Morgan fingerprint density at radius 3 is 2.78 bits per heavy atom. The van der Waals surface area contributed by atoms with Crippen molar-refractivity contribution in [2.45, 2.75) is 25.7 Å². The summed E-state index contributed by atoms with van der Waals surface area (Å²) in [7, 11) is 0. The molecule has 1 amide bonds. The fourth-order valence-electron chi connectivity index (χ4n) is 1.58. The quantitative estimate of drug-likeness (QED) is 0.424. The molecule has 7 heteroatoms. The molecule has 1 aromatic heterocycles. The minimum Gasteiger partial charge on any atom is -0.361 e. The molecule has 98 valence electrons. The monoisotopic (exact) mass is 250 g/mol. The standard InChI is InChI=1S/C11H18N6O/c1-2-13-10(18)6-14-8-5-9(17-12)16-11(15-8)7-3-4-7/h5,7H,2-4,6,12H2,1H3,(H,13,18)(H2,14,15,16,17). The molecule has 1 saturated carbocycles. The highest BCUT2D eigenvalue weighted by molar-refractivity contribution is 5.80. The third-order valence-corrected chi connectivity index (χ3v) is 2.64. The fraction of sp³-hybridized carbons (Fsp3) is 0.545. The zero-order valence-electron chi connectivity index (χ0n) is 10.4. The van der Waals surface area contributed by atoms with Crippen molar-refractivity contribution in [3.8, 4) is 0 Å². The number of likely N-dealkylation sites (N-methyl/N-ethyl adjacent to an activating group) is 1. The van der Waals surface area contributed by atoms with Crippen LogP contribution in [-0.4, -0.2) is 29.0 Å². The number of carbonyl (C=O) groups is 1. The van der Waals surface area contributed by atoms with Crippen molar-refractivity contribution < 1.29 is 4.79 Å². The van der Waals surface area contributed by atoms with E-state index >= 15 is 0 Å². The maximum atomic E-state index is 11.3. The van der Waals surface area contributed by atoms with Crippen molar-refractivity contribution in [1.82, 2.24) is 15.3 Å². The largest absolute Gasteiger partial charge is 0.361 e. The summed E-state index contributed by atoms with van der Waals surface area (Å²) in [5.74, 6) is 7.69. The summed E-state index contributed by atoms with van der Waals surface area (Å²) in [5.41, 5.74) is 2.51. The summed E-state index contributed by atoms with van der Waals surface area (Å²) < 4.78 is 0. The maximum Gasteiger partial charge on any atom is 0.239 e. The molecule has 1 fully saturated rings. The Balaban J connectivity index is 2.02. The van der Waals surface area contributed by atoms with Gasteiger partial charge in [0, 0.05) is 18.5 Å². The van der Waals surface area contributed by atoms with Crippen molar-refractivity contribution in [3.05, 3.63) is 11.9 Å². The molecule has 0 unspecified atom stereocenters. The summed E-state index contributed by atoms with van der Waals surface area (Å²) in [4.78, 5) is 20.0. The molecule has 1 aromatic rings. The highest BCUT2D eigenvalue weighted by Crippen LogP contribution is 2.38. The predicted molar refractivity (Wildman–Crippen MR) is 69.0 cm³/mol. The minimum absolute atomic E-state index is 0.0636. The molecule has 0 atom stereocenters. The fourth-order valence-corrected chi connectivity index (χ4v) is 1.58. The Morgan fingerprint density at radius 2 is 2.17 bits per heavy atom. The number of nitrogens with one attached hydrogen (secondary N) is 3. The van der Waals surface area contributed by atoms with E-state index in [4.69, 9.17) is 5.84 Å². The Morgan fingerprint density at radius 1 is 1.44 bits per heavy atom. The predicted octanol–water partition coefficient (Wildman–Crippen LogP) is 0.188. The molecule has 0 aliphatic heterocycles. The second kappa shape index (κ2) is 5.63. The smallest absolute Gasteiger partial charge is 0.239 e. The third kappa shape index (κ3) is 3.30. The van der Waals surface area contributed by atoms with Crippen LogP contribution in [0.3, 0.4) is 0 Å². The van der Waals surface area contributed by atoms with Gasteiger partial charge in [-0.15, -0.1) is 0 Å². The Labute approximate surface area is 106 Å². The van der Waals surface area contributed by atoms with Gasteiger partial charge in [-0.2, -0.15) is 0 Å². The molecule has 5 N–H and O–H groups in total. The molecular weight excluding hydrogens is 232 g/mol. The molecule has 1 heterocycles. The van der Waals surface area contributed by atoms with Crippen LogP contribution >= 0.6 is 0 Å². The number of anilines is 2. The summed E-state index contributed by atoms with van der Waals surface area (Å²) in [5, 5.41) is 5.68. The van der Waals surface area contributed by atoms with Gasteiger partial charge in [0.1, 0.15) is 17.5 Å². The Hall–Kier alpha value is -1.89. The Kier molecular flexibility index (Phi) is 3.93. The highest BCUT2D eigenvalue weighted by atomic mass is 16.1. The molecule has 0 saturated heterocycles. The van der Waals surface area contributed by atoms with E-state index in [1.54, 1.807) is 6.07 Å². The highest BCUT2D eigenvalue weighted by Gasteiger charge is 2.27. The van der Waals surface area contributed by atoms with Gasteiger partial charge >= 0.3 is 0 Å². The number of nitrogens with two attached hydrogens (primary N) is 1. The number of amides is 1. The van der Waals surface area contributed by atoms with Gasteiger partial charge in [-0.05, 0) is 19.8 Å². The van der Waals surface area contributed by atoms with E-state index in [0.717, 1.165) is 18.7 Å². The lowest BCUT2D eigenvalue weighted by Gasteiger charge is -2.09. The van der Waals surface area contributed by atoms with Crippen LogP contribution in [-0.2, 0) is 4.79 Å². The van der Waals surface area contributed by atoms with E-state index in [1.807, 2.05) is 6.92 Å². The van der Waals surface area contributed by atoms with Gasteiger partial charge in [-0.1, -0.05) is 0 Å². The third-order valence-electron chi connectivity index (χ3n) is 2.64. The molecule has 0 radical (unpaired) electrons. The molecule has 2 rings (SSSR count). The molecular formula is C11H18N6O. The van der Waals surface area contributed by atoms with E-state index in [1.165, 1.54) is 0 Å². The maximum absolute atomic E-state index is 11.3. The number of nitrogens with zero attached hydrogens (tertiary/aromatic N) is 2. The van der Waals surface area contributed by atoms with Crippen LogP contribution in [0.1, 0.15) is 31.5 Å². The number of nitrogen functional groups attached to an aromatic ring is 1. The topological polar surface area (TPSA) is 105 Å². The van der Waals surface area contributed by atoms with E-state index in [0.29, 0.717) is 24.1 Å². The van der Waals surface area contributed by atoms with Crippen LogP contribution in [0, 0.1) is 0 Å². The summed E-state index contributed by atoms with van der Waals surface area (Å²) in [6.45, 7) is 2.69. The summed E-state index contributed by atoms with van der Waals surface area (Å²) in [6.07, 6.45) is 2.23. The molecule has 0 bridgehead atoms. The second-order valence-electron chi connectivity index (χ2n) is 4.22. The van der Waals surface area contributed by atoms with Crippen LogP contribution in [0.4, 0.5) is 11.6 Å². The molecule has 18 heavy (non-hydrogen) atoms. The van der Waals surface area contributed by atoms with Gasteiger partial charge in [0.25, 0.3) is 0 Å². The molecule has 0 spiro atoms. The second-order valence-corrected chi connectivity index (χ2v) is 4.22. The number of hydrogen-bond donors (Lipinski definition) is 4. The van der Waals surface area contributed by atoms with Crippen LogP contribution in [0.25, 0.3) is 0 Å². The first-order valence-corrected chi connectivity index (χ1v) is 6.09. The van der Waals surface area contributed by atoms with Crippen molar-refractivity contribution in [2.24, 2.45) is 5.84 Å². The average molecular weight is 250 g/mol. The molecule has 0 aromatic carbocycles. The summed E-state index contributed by atoms with van der Waals surface area (Å²) in [6, 6.07) is 1.69. The van der Waals surface area contributed by atoms with Crippen LogP contribution < -0.4 is 21.9 Å². The van der Waals surface area contributed by atoms with Gasteiger partial charge in [-0.3, -0.25) is 4.79 Å². The Bertz CT molecular complexity index is 432. The van der Waals surface area contributed by atoms with E-state index in [2.05, 4.69) is 26.0 Å². The first-order valence-electron chi connectivity index (χ1n) is 6.09. The molecule has 7 nitrogen and oxygen atoms in total. The number of hydrazine groups is 1. The van der Waals surface area contributed by atoms with Crippen molar-refractivity contribution in [2.75, 3.05) is 23.8 Å². The van der Waals surface area contributed by atoms with Gasteiger partial charge in [0.2, 0.25) is 5.91 Å². The van der Waals surface area contributed by atoms with E-state index in [-0.39, 0.29) is 12.5 Å². The lowest BCUT2D eigenvalue weighted by molar-refractivity contribution is -0.119. The number of hydrogen-bond acceptors (Lipinski definition) is 6. The van der Waals surface area contributed by atoms with Crippen molar-refractivity contribution >= 4 is 17.5 Å². The first-order chi connectivity index (χ1) is 8.72. The summed E-state index contributed by atoms with van der Waals surface area (Å²) >= 11 is 0. The minimum atomic E-state index is -0.0636. The molecule has 1 aliphatic carbocycles. The number of aromatic nitrogens is 2. The van der Waals surface area contributed by atoms with E-state index in [9.17, 15) is 4.79 Å².